The Bertz CT molecular complexity index is 1740. The summed E-state index contributed by atoms with van der Waals surface area (Å²) in [5.41, 5.74) is 2.93. The van der Waals surface area contributed by atoms with E-state index >= 15 is 0 Å². The molecule has 230 valence electrons. The van der Waals surface area contributed by atoms with E-state index < -0.39 is 5.91 Å². The summed E-state index contributed by atoms with van der Waals surface area (Å²) in [4.78, 5) is 27.4. The lowest BCUT2D eigenvalue weighted by molar-refractivity contribution is -0.112. The summed E-state index contributed by atoms with van der Waals surface area (Å²) in [7, 11) is 3.75. The number of halogens is 1. The number of benzene rings is 3. The highest BCUT2D eigenvalue weighted by atomic mass is 35.5. The van der Waals surface area contributed by atoms with Crippen molar-refractivity contribution < 1.29 is 14.3 Å². The standard InChI is InChI=1S/C33H32ClN7O3S/c1-40-13-15-41(16-14-40)25-9-12-29(30(19-25)43-2)38-33-36-21-28(34)32(39-33)44-26-6-4-5-24(18-26)37-31(42)23(20-35)17-22-7-10-27(45-3)11-8-22/h4-12,17-19,21H,13-16H2,1-3H3,(H,37,42)(H,36,38,39)/b23-17+. The van der Waals surface area contributed by atoms with Crippen molar-refractivity contribution in [3.63, 3.8) is 0 Å². The maximum atomic E-state index is 12.9. The molecule has 1 fully saturated rings. The Kier molecular flexibility index (Phi) is 10.4. The number of carbonyl (C=O) groups is 1. The molecule has 1 aliphatic rings. The van der Waals surface area contributed by atoms with Crippen LogP contribution in [0.1, 0.15) is 5.56 Å². The summed E-state index contributed by atoms with van der Waals surface area (Å²) in [5.74, 6) is 0.876. The Morgan fingerprint density at radius 3 is 2.58 bits per heavy atom. The van der Waals surface area contributed by atoms with Gasteiger partial charge in [-0.25, -0.2) is 4.98 Å². The molecule has 2 N–H and O–H groups in total. The average Bonchev–Trinajstić information content (AvgIpc) is 3.06. The first-order valence-corrected chi connectivity index (χ1v) is 15.7. The van der Waals surface area contributed by atoms with Gasteiger partial charge in [0.25, 0.3) is 5.91 Å². The second-order valence-electron chi connectivity index (χ2n) is 10.2. The first-order valence-electron chi connectivity index (χ1n) is 14.1. The molecule has 4 aromatic rings. The number of nitrogens with one attached hydrogen (secondary N) is 2. The number of aromatic nitrogens is 2. The summed E-state index contributed by atoms with van der Waals surface area (Å²) < 4.78 is 11.6. The number of nitrogens with zero attached hydrogens (tertiary/aromatic N) is 5. The third-order valence-corrected chi connectivity index (χ3v) is 8.11. The first kappa shape index (κ1) is 31.7. The van der Waals surface area contributed by atoms with Crippen molar-refractivity contribution in [3.05, 3.63) is 89.1 Å². The number of anilines is 4. The van der Waals surface area contributed by atoms with E-state index in [0.29, 0.717) is 22.9 Å². The van der Waals surface area contributed by atoms with Crippen molar-refractivity contribution in [1.82, 2.24) is 14.9 Å². The predicted molar refractivity (Wildman–Crippen MR) is 180 cm³/mol. The fraction of sp³-hybridized carbons (Fsp3) is 0.212. The minimum Gasteiger partial charge on any atom is -0.494 e. The Balaban J connectivity index is 1.27. The molecular weight excluding hydrogens is 610 g/mol. The van der Waals surface area contributed by atoms with Crippen LogP contribution in [-0.2, 0) is 4.79 Å². The number of nitriles is 1. The van der Waals surface area contributed by atoms with Crippen LogP contribution in [0, 0.1) is 11.3 Å². The van der Waals surface area contributed by atoms with E-state index in [1.165, 1.54) is 6.20 Å². The van der Waals surface area contributed by atoms with Gasteiger partial charge in [-0.1, -0.05) is 29.8 Å². The zero-order chi connectivity index (χ0) is 31.8. The van der Waals surface area contributed by atoms with E-state index in [-0.39, 0.29) is 22.4 Å². The van der Waals surface area contributed by atoms with Gasteiger partial charge in [-0.2, -0.15) is 10.2 Å². The summed E-state index contributed by atoms with van der Waals surface area (Å²) >= 11 is 8.00. The number of piperazine rings is 1. The van der Waals surface area contributed by atoms with Crippen molar-refractivity contribution in [2.75, 3.05) is 62.1 Å². The van der Waals surface area contributed by atoms with E-state index in [1.807, 2.05) is 54.8 Å². The van der Waals surface area contributed by atoms with Crippen LogP contribution in [-0.4, -0.2) is 67.4 Å². The summed E-state index contributed by atoms with van der Waals surface area (Å²) in [6.45, 7) is 3.90. The first-order chi connectivity index (χ1) is 21.8. The number of ether oxygens (including phenoxy) is 2. The minimum atomic E-state index is -0.539. The molecule has 2 heterocycles. The number of rotatable bonds is 10. The molecule has 0 unspecified atom stereocenters. The van der Waals surface area contributed by atoms with E-state index in [9.17, 15) is 10.1 Å². The van der Waals surface area contributed by atoms with Gasteiger partial charge in [0.05, 0.1) is 19.0 Å². The van der Waals surface area contributed by atoms with Crippen LogP contribution in [0.3, 0.4) is 0 Å². The number of thioether (sulfide) groups is 1. The van der Waals surface area contributed by atoms with Crippen molar-refractivity contribution in [3.8, 4) is 23.4 Å². The van der Waals surface area contributed by atoms with Gasteiger partial charge in [-0.15, -0.1) is 11.8 Å². The van der Waals surface area contributed by atoms with Crippen LogP contribution in [0.2, 0.25) is 5.02 Å². The Morgan fingerprint density at radius 2 is 1.87 bits per heavy atom. The van der Waals surface area contributed by atoms with Crippen molar-refractivity contribution in [2.24, 2.45) is 0 Å². The van der Waals surface area contributed by atoms with Crippen molar-refractivity contribution in [2.45, 2.75) is 4.90 Å². The van der Waals surface area contributed by atoms with Crippen molar-refractivity contribution >= 4 is 58.4 Å². The van der Waals surface area contributed by atoms with E-state index in [2.05, 4.69) is 37.4 Å². The predicted octanol–water partition coefficient (Wildman–Crippen LogP) is 6.69. The number of likely N-dealkylation sites (N-methyl/N-ethyl adjacent to an activating group) is 1. The molecule has 1 aromatic heterocycles. The third kappa shape index (κ3) is 8.25. The Morgan fingerprint density at radius 1 is 1.09 bits per heavy atom. The SMILES string of the molecule is COc1cc(N2CCN(C)CC2)ccc1Nc1ncc(Cl)c(Oc2cccc(NC(=O)/C(C#N)=C/c3ccc(SC)cc3)c2)n1. The van der Waals surface area contributed by atoms with Crippen LogP contribution < -0.4 is 25.0 Å². The smallest absolute Gasteiger partial charge is 0.266 e. The molecule has 1 saturated heterocycles. The lowest BCUT2D eigenvalue weighted by Crippen LogP contribution is -2.44. The average molecular weight is 642 g/mol. The van der Waals surface area contributed by atoms with Crippen LogP contribution >= 0.6 is 23.4 Å². The molecule has 0 radical (unpaired) electrons. The lowest BCUT2D eigenvalue weighted by Gasteiger charge is -2.34. The van der Waals surface area contributed by atoms with Gasteiger partial charge in [0.15, 0.2) is 0 Å². The van der Waals surface area contributed by atoms with Crippen LogP contribution in [0.25, 0.3) is 6.08 Å². The van der Waals surface area contributed by atoms with Crippen molar-refractivity contribution in [1.29, 1.82) is 5.26 Å². The quantitative estimate of drug-likeness (QED) is 0.110. The molecule has 0 atom stereocenters. The van der Waals surface area contributed by atoms with Gasteiger partial charge in [0.2, 0.25) is 11.8 Å². The topological polar surface area (TPSA) is 116 Å². The van der Waals surface area contributed by atoms with Crippen LogP contribution in [0.4, 0.5) is 23.0 Å². The molecule has 3 aromatic carbocycles. The van der Waals surface area contributed by atoms with Crippen LogP contribution in [0.15, 0.2) is 83.4 Å². The lowest BCUT2D eigenvalue weighted by atomic mass is 10.1. The molecule has 12 heteroatoms. The van der Waals surface area contributed by atoms with Gasteiger partial charge in [0, 0.05) is 54.6 Å². The van der Waals surface area contributed by atoms with E-state index in [1.54, 1.807) is 49.2 Å². The number of amides is 1. The highest BCUT2D eigenvalue weighted by Gasteiger charge is 2.17. The van der Waals surface area contributed by atoms with Gasteiger partial charge in [-0.05, 0) is 61.3 Å². The van der Waals surface area contributed by atoms with E-state index in [4.69, 9.17) is 21.1 Å². The molecule has 5 rings (SSSR count). The molecule has 0 aliphatic carbocycles. The maximum Gasteiger partial charge on any atom is 0.266 e. The fourth-order valence-electron chi connectivity index (χ4n) is 4.61. The highest BCUT2D eigenvalue weighted by Crippen LogP contribution is 2.34. The molecule has 45 heavy (non-hydrogen) atoms. The van der Waals surface area contributed by atoms with Gasteiger partial charge in [-0.3, -0.25) is 4.79 Å². The van der Waals surface area contributed by atoms with E-state index in [0.717, 1.165) is 42.3 Å². The number of hydrogen-bond donors (Lipinski definition) is 2. The molecule has 1 amide bonds. The summed E-state index contributed by atoms with van der Waals surface area (Å²) in [6.07, 6.45) is 4.97. The monoisotopic (exact) mass is 641 g/mol. The highest BCUT2D eigenvalue weighted by molar-refractivity contribution is 7.98. The molecule has 10 nitrogen and oxygen atoms in total. The van der Waals surface area contributed by atoms with Crippen LogP contribution in [0.5, 0.6) is 17.4 Å². The summed E-state index contributed by atoms with van der Waals surface area (Å²) in [5, 5.41) is 15.8. The molecule has 0 saturated carbocycles. The second-order valence-corrected chi connectivity index (χ2v) is 11.5. The molecule has 0 spiro atoms. The molecule has 0 bridgehead atoms. The Labute approximate surface area is 271 Å². The number of carbonyl (C=O) groups excluding carboxylic acids is 1. The third-order valence-electron chi connectivity index (χ3n) is 7.11. The number of methoxy groups -OCH3 is 1. The zero-order valence-corrected chi connectivity index (χ0v) is 26.7. The number of hydrogen-bond acceptors (Lipinski definition) is 10. The largest absolute Gasteiger partial charge is 0.494 e. The van der Waals surface area contributed by atoms with Gasteiger partial charge < -0.3 is 29.9 Å². The minimum absolute atomic E-state index is 0.0280. The van der Waals surface area contributed by atoms with Gasteiger partial charge >= 0.3 is 0 Å². The fourth-order valence-corrected chi connectivity index (χ4v) is 5.15. The maximum absolute atomic E-state index is 12.9. The zero-order valence-electron chi connectivity index (χ0n) is 25.1. The Hall–Kier alpha value is -4.76. The summed E-state index contributed by atoms with van der Waals surface area (Å²) in [6, 6.07) is 22.3. The normalized spacial score (nSPS) is 13.6. The second kappa shape index (κ2) is 14.8. The molecule has 1 aliphatic heterocycles. The van der Waals surface area contributed by atoms with Gasteiger partial charge in [0.1, 0.15) is 28.2 Å². The molecular formula is C33H32ClN7O3S.